The smallest absolute Gasteiger partial charge is 0.226 e. The van der Waals surface area contributed by atoms with Gasteiger partial charge in [0.25, 0.3) is 0 Å². The molecule has 6 heteroatoms. The Kier molecular flexibility index (Phi) is 11.5. The van der Waals surface area contributed by atoms with Gasteiger partial charge in [-0.3, -0.25) is 14.6 Å². The van der Waals surface area contributed by atoms with E-state index < -0.39 is 0 Å². The molecule has 2 heterocycles. The van der Waals surface area contributed by atoms with Gasteiger partial charge in [0.2, 0.25) is 11.8 Å². The molecular weight excluding hydrogens is 446 g/mol. The average molecular weight is 482 g/mol. The number of nitrogens with zero attached hydrogens (tertiary/aromatic N) is 2. The average Bonchev–Trinajstić information content (AvgIpc) is 3.38. The third-order valence-corrected chi connectivity index (χ3v) is 5.67. The molecule has 1 fully saturated rings. The summed E-state index contributed by atoms with van der Waals surface area (Å²) >= 11 is 5.54. The van der Waals surface area contributed by atoms with Gasteiger partial charge >= 0.3 is 0 Å². The van der Waals surface area contributed by atoms with Gasteiger partial charge in [0.15, 0.2) is 0 Å². The molecule has 0 bridgehead atoms. The number of likely N-dealkylation sites (tertiary alicyclic amines) is 1. The molecule has 182 valence electrons. The van der Waals surface area contributed by atoms with Crippen LogP contribution in [0.15, 0.2) is 60.8 Å². The van der Waals surface area contributed by atoms with Crippen molar-refractivity contribution in [2.75, 3.05) is 18.4 Å². The molecule has 0 spiro atoms. The van der Waals surface area contributed by atoms with E-state index in [1.807, 2.05) is 87.2 Å². The maximum Gasteiger partial charge on any atom is 0.226 e. The second-order valence-corrected chi connectivity index (χ2v) is 9.04. The molecule has 0 unspecified atom stereocenters. The van der Waals surface area contributed by atoms with Crippen molar-refractivity contribution in [3.8, 4) is 0 Å². The SMILES string of the molecule is CCCC(=O)N1CCCC1.Cc1ccc2ncccc2c1NC(=O)C(C)C.Clc1ccccc1. The molecule has 0 aliphatic carbocycles. The number of carbonyl (C=O) groups is 2. The van der Waals surface area contributed by atoms with E-state index in [-0.39, 0.29) is 11.8 Å². The number of hydrogen-bond acceptors (Lipinski definition) is 3. The van der Waals surface area contributed by atoms with Crippen LogP contribution in [0.4, 0.5) is 5.69 Å². The lowest BCUT2D eigenvalue weighted by Crippen LogP contribution is -2.26. The number of rotatable bonds is 4. The molecule has 34 heavy (non-hydrogen) atoms. The quantitative estimate of drug-likeness (QED) is 0.441. The molecule has 0 saturated carbocycles. The number of carbonyl (C=O) groups excluding carboxylic acids is 2. The van der Waals surface area contributed by atoms with Crippen LogP contribution in [0.25, 0.3) is 10.9 Å². The maximum atomic E-state index is 11.8. The predicted molar refractivity (Wildman–Crippen MR) is 142 cm³/mol. The molecule has 1 saturated heterocycles. The lowest BCUT2D eigenvalue weighted by Gasteiger charge is -2.13. The highest BCUT2D eigenvalue weighted by Gasteiger charge is 2.16. The summed E-state index contributed by atoms with van der Waals surface area (Å²) in [5.74, 6) is 0.353. The minimum absolute atomic E-state index is 0.0265. The molecule has 0 atom stereocenters. The lowest BCUT2D eigenvalue weighted by molar-refractivity contribution is -0.130. The van der Waals surface area contributed by atoms with E-state index in [4.69, 9.17) is 11.6 Å². The van der Waals surface area contributed by atoms with E-state index in [0.717, 1.165) is 53.1 Å². The van der Waals surface area contributed by atoms with Crippen molar-refractivity contribution in [2.45, 2.75) is 53.4 Å². The minimum Gasteiger partial charge on any atom is -0.343 e. The largest absolute Gasteiger partial charge is 0.343 e. The van der Waals surface area contributed by atoms with Crippen molar-refractivity contribution in [1.29, 1.82) is 0 Å². The number of hydrogen-bond donors (Lipinski definition) is 1. The first-order valence-electron chi connectivity index (χ1n) is 12.0. The molecule has 0 radical (unpaired) electrons. The molecular formula is C28H36ClN3O2. The second kappa shape index (κ2) is 14.4. The summed E-state index contributed by atoms with van der Waals surface area (Å²) in [5.41, 5.74) is 2.82. The van der Waals surface area contributed by atoms with Crippen LogP contribution in [0.3, 0.4) is 0 Å². The van der Waals surface area contributed by atoms with Crippen LogP contribution in [0.1, 0.15) is 52.0 Å². The van der Waals surface area contributed by atoms with Crippen molar-refractivity contribution in [3.63, 3.8) is 0 Å². The summed E-state index contributed by atoms with van der Waals surface area (Å²) in [6.45, 7) is 9.80. The van der Waals surface area contributed by atoms with Crippen LogP contribution < -0.4 is 5.32 Å². The topological polar surface area (TPSA) is 62.3 Å². The molecule has 5 nitrogen and oxygen atoms in total. The molecule has 1 aromatic heterocycles. The zero-order valence-corrected chi connectivity index (χ0v) is 21.4. The predicted octanol–water partition coefficient (Wildman–Crippen LogP) is 6.89. The van der Waals surface area contributed by atoms with E-state index in [2.05, 4.69) is 10.3 Å². The van der Waals surface area contributed by atoms with E-state index >= 15 is 0 Å². The normalized spacial score (nSPS) is 12.5. The van der Waals surface area contributed by atoms with Crippen LogP contribution >= 0.6 is 11.6 Å². The first-order valence-corrected chi connectivity index (χ1v) is 12.3. The van der Waals surface area contributed by atoms with Crippen molar-refractivity contribution in [1.82, 2.24) is 9.88 Å². The Bertz CT molecular complexity index is 1050. The van der Waals surface area contributed by atoms with Crippen LogP contribution in [-0.2, 0) is 9.59 Å². The molecule has 1 N–H and O–H groups in total. The highest BCUT2D eigenvalue weighted by Crippen LogP contribution is 2.26. The summed E-state index contributed by atoms with van der Waals surface area (Å²) < 4.78 is 0. The fourth-order valence-electron chi connectivity index (χ4n) is 3.45. The summed E-state index contributed by atoms with van der Waals surface area (Å²) in [4.78, 5) is 29.2. The summed E-state index contributed by atoms with van der Waals surface area (Å²) in [6.07, 6.45) is 5.88. The molecule has 2 amide bonds. The molecule has 1 aliphatic rings. The third kappa shape index (κ3) is 8.79. The monoisotopic (exact) mass is 481 g/mol. The van der Waals surface area contributed by atoms with Gasteiger partial charge in [-0.15, -0.1) is 0 Å². The lowest BCUT2D eigenvalue weighted by atomic mass is 10.1. The molecule has 3 aromatic rings. The number of fused-ring (bicyclic) bond motifs is 1. The zero-order chi connectivity index (χ0) is 24.9. The number of aryl methyl sites for hydroxylation is 1. The Morgan fingerprint density at radius 3 is 2.26 bits per heavy atom. The molecule has 2 aromatic carbocycles. The Labute approximate surface area is 208 Å². The number of pyridine rings is 1. The molecule has 1 aliphatic heterocycles. The van der Waals surface area contributed by atoms with Crippen molar-refractivity contribution < 1.29 is 9.59 Å². The van der Waals surface area contributed by atoms with Crippen LogP contribution in [0.2, 0.25) is 5.02 Å². The van der Waals surface area contributed by atoms with Crippen LogP contribution in [0.5, 0.6) is 0 Å². The Morgan fingerprint density at radius 1 is 1.03 bits per heavy atom. The number of nitrogens with one attached hydrogen (secondary N) is 1. The third-order valence-electron chi connectivity index (χ3n) is 5.42. The van der Waals surface area contributed by atoms with Crippen molar-refractivity contribution in [2.24, 2.45) is 5.92 Å². The number of benzene rings is 2. The van der Waals surface area contributed by atoms with Gasteiger partial charge in [-0.25, -0.2) is 0 Å². The minimum atomic E-state index is -0.0265. The van der Waals surface area contributed by atoms with Gasteiger partial charge in [-0.05, 0) is 62.1 Å². The standard InChI is InChI=1S/C14H16N2O.C8H15NO.C6H5Cl/c1-9(2)14(17)16-13-10(3)6-7-12-11(13)5-4-8-15-12;1-2-5-8(10)9-6-3-4-7-9;7-6-4-2-1-3-5-6/h4-9H,1-3H3,(H,16,17);2-7H2,1H3;1-5H. The number of anilines is 1. The first-order chi connectivity index (χ1) is 16.3. The van der Waals surface area contributed by atoms with Crippen LogP contribution in [-0.4, -0.2) is 34.8 Å². The van der Waals surface area contributed by atoms with Gasteiger partial charge in [0, 0.05) is 42.0 Å². The zero-order valence-electron chi connectivity index (χ0n) is 20.7. The van der Waals surface area contributed by atoms with E-state index in [1.54, 1.807) is 6.20 Å². The van der Waals surface area contributed by atoms with Gasteiger partial charge in [-0.2, -0.15) is 0 Å². The Hall–Kier alpha value is -2.92. The number of halogens is 1. The van der Waals surface area contributed by atoms with E-state index in [1.165, 1.54) is 12.8 Å². The van der Waals surface area contributed by atoms with E-state index in [0.29, 0.717) is 5.91 Å². The van der Waals surface area contributed by atoms with Crippen molar-refractivity contribution in [3.05, 3.63) is 71.4 Å². The summed E-state index contributed by atoms with van der Waals surface area (Å²) in [6, 6.07) is 17.2. The fourth-order valence-corrected chi connectivity index (χ4v) is 3.59. The number of amides is 2. The summed E-state index contributed by atoms with van der Waals surface area (Å²) in [7, 11) is 0. The van der Waals surface area contributed by atoms with Crippen molar-refractivity contribution >= 4 is 40.0 Å². The Morgan fingerprint density at radius 2 is 1.71 bits per heavy atom. The van der Waals surface area contributed by atoms with Gasteiger partial charge < -0.3 is 10.2 Å². The van der Waals surface area contributed by atoms with Gasteiger partial charge in [0.05, 0.1) is 11.2 Å². The van der Waals surface area contributed by atoms with E-state index in [9.17, 15) is 9.59 Å². The van der Waals surface area contributed by atoms with Gasteiger partial charge in [0.1, 0.15) is 0 Å². The summed E-state index contributed by atoms with van der Waals surface area (Å²) in [5, 5.41) is 4.76. The first kappa shape index (κ1) is 27.3. The highest BCUT2D eigenvalue weighted by atomic mass is 35.5. The van der Waals surface area contributed by atoms with Crippen LogP contribution in [0, 0.1) is 12.8 Å². The van der Waals surface area contributed by atoms with Gasteiger partial charge in [-0.1, -0.05) is 56.6 Å². The fraction of sp³-hybridized carbons (Fsp3) is 0.393. The molecule has 4 rings (SSSR count). The second-order valence-electron chi connectivity index (χ2n) is 8.60. The Balaban J connectivity index is 0.000000202. The maximum absolute atomic E-state index is 11.8. The highest BCUT2D eigenvalue weighted by molar-refractivity contribution is 6.30. The number of aromatic nitrogens is 1.